The lowest BCUT2D eigenvalue weighted by Gasteiger charge is -2.11. The van der Waals surface area contributed by atoms with Gasteiger partial charge in [-0.1, -0.05) is 36.4 Å². The number of rotatable bonds is 6. The molecule has 0 N–H and O–H groups in total. The van der Waals surface area contributed by atoms with Gasteiger partial charge >= 0.3 is 11.9 Å². The van der Waals surface area contributed by atoms with Crippen LogP contribution in [0.25, 0.3) is 6.08 Å². The first kappa shape index (κ1) is 20.9. The van der Waals surface area contributed by atoms with Gasteiger partial charge in [-0.15, -0.1) is 0 Å². The first-order chi connectivity index (χ1) is 15.6. The first-order valence-electron chi connectivity index (χ1n) is 9.70. The molecule has 7 heteroatoms. The van der Waals surface area contributed by atoms with Crippen molar-refractivity contribution in [1.82, 2.24) is 0 Å². The van der Waals surface area contributed by atoms with Crippen molar-refractivity contribution >= 4 is 23.9 Å². The van der Waals surface area contributed by atoms with E-state index in [1.165, 1.54) is 14.2 Å². The van der Waals surface area contributed by atoms with Gasteiger partial charge in [-0.2, -0.15) is 0 Å². The SMILES string of the molecule is COc1cc(C=C2N=C(c3ccccc3)OC2=O)ccc1OC(=O)c1ccccc1OC. The molecule has 4 rings (SSSR count). The van der Waals surface area contributed by atoms with Gasteiger partial charge in [0.25, 0.3) is 0 Å². The maximum atomic E-state index is 12.6. The lowest BCUT2D eigenvalue weighted by atomic mass is 10.1. The molecule has 0 atom stereocenters. The minimum atomic E-state index is -0.580. The summed E-state index contributed by atoms with van der Waals surface area (Å²) in [5.41, 5.74) is 1.79. The Labute approximate surface area is 184 Å². The number of benzene rings is 3. The highest BCUT2D eigenvalue weighted by Gasteiger charge is 2.24. The van der Waals surface area contributed by atoms with E-state index in [1.54, 1.807) is 48.5 Å². The highest BCUT2D eigenvalue weighted by molar-refractivity contribution is 6.12. The lowest BCUT2D eigenvalue weighted by Crippen LogP contribution is -2.10. The second-order valence-electron chi connectivity index (χ2n) is 6.70. The van der Waals surface area contributed by atoms with E-state index < -0.39 is 11.9 Å². The molecule has 0 fully saturated rings. The summed E-state index contributed by atoms with van der Waals surface area (Å²) in [7, 11) is 2.94. The van der Waals surface area contributed by atoms with Gasteiger partial charge in [0.2, 0.25) is 5.90 Å². The zero-order valence-corrected chi connectivity index (χ0v) is 17.4. The molecule has 1 heterocycles. The molecular weight excluding hydrogens is 410 g/mol. The third kappa shape index (κ3) is 4.37. The minimum Gasteiger partial charge on any atom is -0.496 e. The van der Waals surface area contributed by atoms with E-state index in [-0.39, 0.29) is 17.3 Å². The van der Waals surface area contributed by atoms with Crippen LogP contribution in [-0.2, 0) is 9.53 Å². The van der Waals surface area contributed by atoms with Crippen molar-refractivity contribution in [2.24, 2.45) is 4.99 Å². The Morgan fingerprint density at radius 1 is 0.875 bits per heavy atom. The Kier molecular flexibility index (Phi) is 5.98. The topological polar surface area (TPSA) is 83.4 Å². The standard InChI is InChI=1S/C25H19NO6/c1-29-20-11-7-6-10-18(20)24(27)31-21-13-12-16(15-22(21)30-2)14-19-25(28)32-23(26-19)17-8-4-3-5-9-17/h3-15H,1-2H3. The molecule has 160 valence electrons. The van der Waals surface area contributed by atoms with Crippen LogP contribution in [0.3, 0.4) is 0 Å². The Morgan fingerprint density at radius 3 is 2.34 bits per heavy atom. The number of aliphatic imine (C=N–C) groups is 1. The molecule has 0 saturated heterocycles. The summed E-state index contributed by atoms with van der Waals surface area (Å²) in [6.07, 6.45) is 1.58. The summed E-state index contributed by atoms with van der Waals surface area (Å²) in [6.45, 7) is 0. The average Bonchev–Trinajstić information content (AvgIpc) is 3.20. The number of para-hydroxylation sites is 1. The Hall–Kier alpha value is -4.39. The normalized spacial score (nSPS) is 14.0. The molecule has 0 spiro atoms. The van der Waals surface area contributed by atoms with Gasteiger partial charge in [0.1, 0.15) is 11.3 Å². The number of hydrogen-bond acceptors (Lipinski definition) is 7. The first-order valence-corrected chi connectivity index (χ1v) is 9.70. The second-order valence-corrected chi connectivity index (χ2v) is 6.70. The molecule has 0 amide bonds. The fourth-order valence-electron chi connectivity index (χ4n) is 3.10. The van der Waals surface area contributed by atoms with Gasteiger partial charge in [-0.3, -0.25) is 0 Å². The Balaban J connectivity index is 1.58. The number of hydrogen-bond donors (Lipinski definition) is 0. The smallest absolute Gasteiger partial charge is 0.363 e. The molecule has 0 aliphatic carbocycles. The number of ether oxygens (including phenoxy) is 4. The van der Waals surface area contributed by atoms with Crippen LogP contribution in [0, 0.1) is 0 Å². The Morgan fingerprint density at radius 2 is 1.59 bits per heavy atom. The molecule has 3 aromatic carbocycles. The van der Waals surface area contributed by atoms with Crippen molar-refractivity contribution in [3.63, 3.8) is 0 Å². The van der Waals surface area contributed by atoms with Gasteiger partial charge in [0, 0.05) is 5.56 Å². The molecule has 0 saturated carbocycles. The number of carbonyl (C=O) groups excluding carboxylic acids is 2. The number of cyclic esters (lactones) is 1. The van der Waals surface area contributed by atoms with Crippen LogP contribution in [0.1, 0.15) is 21.5 Å². The molecule has 3 aromatic rings. The summed E-state index contributed by atoms with van der Waals surface area (Å²) >= 11 is 0. The largest absolute Gasteiger partial charge is 0.496 e. The van der Waals surface area contributed by atoms with E-state index >= 15 is 0 Å². The number of nitrogens with zero attached hydrogens (tertiary/aromatic N) is 1. The van der Waals surface area contributed by atoms with E-state index in [9.17, 15) is 9.59 Å². The summed E-state index contributed by atoms with van der Waals surface area (Å²) in [5, 5.41) is 0. The van der Waals surface area contributed by atoms with E-state index in [0.29, 0.717) is 28.2 Å². The maximum Gasteiger partial charge on any atom is 0.363 e. The molecule has 32 heavy (non-hydrogen) atoms. The molecule has 1 aliphatic heterocycles. The molecule has 0 radical (unpaired) electrons. The fourth-order valence-corrected chi connectivity index (χ4v) is 3.10. The van der Waals surface area contributed by atoms with Crippen LogP contribution < -0.4 is 14.2 Å². The summed E-state index contributed by atoms with van der Waals surface area (Å²) < 4.78 is 21.3. The third-order valence-electron chi connectivity index (χ3n) is 4.66. The molecule has 7 nitrogen and oxygen atoms in total. The second kappa shape index (κ2) is 9.18. The summed E-state index contributed by atoms with van der Waals surface area (Å²) in [5.74, 6) is 0.0768. The van der Waals surface area contributed by atoms with Crippen molar-refractivity contribution in [3.05, 3.63) is 95.2 Å². The molecular formula is C25H19NO6. The zero-order valence-electron chi connectivity index (χ0n) is 17.4. The van der Waals surface area contributed by atoms with Crippen LogP contribution in [0.5, 0.6) is 17.2 Å². The lowest BCUT2D eigenvalue weighted by molar-refractivity contribution is -0.129. The number of esters is 2. The maximum absolute atomic E-state index is 12.6. The number of carbonyl (C=O) groups is 2. The van der Waals surface area contributed by atoms with Gasteiger partial charge in [0.05, 0.1) is 14.2 Å². The third-order valence-corrected chi connectivity index (χ3v) is 4.66. The van der Waals surface area contributed by atoms with Crippen molar-refractivity contribution in [2.45, 2.75) is 0 Å². The zero-order chi connectivity index (χ0) is 22.5. The molecule has 1 aliphatic rings. The highest BCUT2D eigenvalue weighted by atomic mass is 16.6. The van der Waals surface area contributed by atoms with E-state index in [2.05, 4.69) is 4.99 Å². The van der Waals surface area contributed by atoms with Crippen LogP contribution in [-0.4, -0.2) is 32.1 Å². The van der Waals surface area contributed by atoms with Crippen molar-refractivity contribution in [1.29, 1.82) is 0 Å². The Bertz CT molecular complexity index is 1230. The predicted molar refractivity (Wildman–Crippen MR) is 118 cm³/mol. The van der Waals surface area contributed by atoms with Gasteiger partial charge in [0.15, 0.2) is 17.2 Å². The van der Waals surface area contributed by atoms with Crippen LogP contribution >= 0.6 is 0 Å². The molecule has 0 bridgehead atoms. The number of methoxy groups -OCH3 is 2. The van der Waals surface area contributed by atoms with Crippen molar-refractivity contribution in [2.75, 3.05) is 14.2 Å². The van der Waals surface area contributed by atoms with Crippen LogP contribution in [0.4, 0.5) is 0 Å². The monoisotopic (exact) mass is 429 g/mol. The van der Waals surface area contributed by atoms with Crippen LogP contribution in [0.15, 0.2) is 83.5 Å². The van der Waals surface area contributed by atoms with Crippen molar-refractivity contribution < 1.29 is 28.5 Å². The van der Waals surface area contributed by atoms with Crippen LogP contribution in [0.2, 0.25) is 0 Å². The van der Waals surface area contributed by atoms with E-state index in [1.807, 2.05) is 30.3 Å². The predicted octanol–water partition coefficient (Wildman–Crippen LogP) is 4.27. The summed E-state index contributed by atoms with van der Waals surface area (Å²) in [4.78, 5) is 29.1. The average molecular weight is 429 g/mol. The summed E-state index contributed by atoms with van der Waals surface area (Å²) in [6, 6.07) is 20.8. The molecule has 0 unspecified atom stereocenters. The highest BCUT2D eigenvalue weighted by Crippen LogP contribution is 2.31. The van der Waals surface area contributed by atoms with Gasteiger partial charge < -0.3 is 18.9 Å². The van der Waals surface area contributed by atoms with E-state index in [4.69, 9.17) is 18.9 Å². The van der Waals surface area contributed by atoms with Crippen molar-refractivity contribution in [3.8, 4) is 17.2 Å². The molecule has 0 aromatic heterocycles. The minimum absolute atomic E-state index is 0.157. The van der Waals surface area contributed by atoms with E-state index in [0.717, 1.165) is 0 Å². The quantitative estimate of drug-likeness (QED) is 0.331. The van der Waals surface area contributed by atoms with Gasteiger partial charge in [-0.05, 0) is 48.0 Å². The fraction of sp³-hybridized carbons (Fsp3) is 0.0800. The van der Waals surface area contributed by atoms with Gasteiger partial charge in [-0.25, -0.2) is 14.6 Å².